The third-order valence-electron chi connectivity index (χ3n) is 1.06. The maximum Gasteiger partial charge on any atom is 0.337 e. The summed E-state index contributed by atoms with van der Waals surface area (Å²) < 4.78 is 4.68. The molecule has 0 aromatic heterocycles. The van der Waals surface area contributed by atoms with E-state index in [1.807, 2.05) is 6.92 Å². The van der Waals surface area contributed by atoms with Crippen LogP contribution in [0, 0.1) is 0 Å². The van der Waals surface area contributed by atoms with Crippen molar-refractivity contribution in [2.24, 2.45) is 0 Å². The fourth-order valence-electron chi connectivity index (χ4n) is 0.387. The van der Waals surface area contributed by atoms with E-state index >= 15 is 0 Å². The van der Waals surface area contributed by atoms with Gasteiger partial charge < -0.3 is 9.84 Å². The van der Waals surface area contributed by atoms with Gasteiger partial charge in [0.1, 0.15) is 6.61 Å². The highest BCUT2D eigenvalue weighted by atomic mass is 16.5. The first-order valence-electron chi connectivity index (χ1n) is 3.31. The Kier molecular flexibility index (Phi) is 4.90. The van der Waals surface area contributed by atoms with E-state index in [9.17, 15) is 4.79 Å². The van der Waals surface area contributed by atoms with Gasteiger partial charge >= 0.3 is 5.97 Å². The third-order valence-corrected chi connectivity index (χ3v) is 1.06. The molecule has 1 N–H and O–H groups in total. The van der Waals surface area contributed by atoms with Gasteiger partial charge in [-0.2, -0.15) is 0 Å². The molecule has 0 rings (SSSR count). The predicted molar refractivity (Wildman–Crippen MR) is 42.2 cm³/mol. The second-order valence-corrected chi connectivity index (χ2v) is 1.98. The number of rotatable bonds is 3. The summed E-state index contributed by atoms with van der Waals surface area (Å²) in [5.41, 5.74) is 0.203. The van der Waals surface area contributed by atoms with Crippen LogP contribution in [0.15, 0.2) is 24.0 Å². The van der Waals surface area contributed by atoms with Gasteiger partial charge in [0.2, 0.25) is 0 Å². The molecule has 0 aromatic carbocycles. The van der Waals surface area contributed by atoms with E-state index in [1.165, 1.54) is 6.92 Å². The highest BCUT2D eigenvalue weighted by Crippen LogP contribution is 1.94. The summed E-state index contributed by atoms with van der Waals surface area (Å²) in [5, 5.41) is 8.38. The lowest BCUT2D eigenvalue weighted by Gasteiger charge is -1.98. The van der Waals surface area contributed by atoms with Gasteiger partial charge in [-0.3, -0.25) is 0 Å². The van der Waals surface area contributed by atoms with Crippen molar-refractivity contribution in [1.29, 1.82) is 0 Å². The average Bonchev–Trinajstić information content (AvgIpc) is 2.03. The molecule has 0 amide bonds. The standard InChI is InChI=1S/C8H12O3/c1-3-4-5-11-8(10)7(2)6-9/h3-4,6,9H,5H2,1-2H3. The Labute approximate surface area is 66.0 Å². The minimum Gasteiger partial charge on any atom is -0.515 e. The number of ether oxygens (including phenoxy) is 1. The summed E-state index contributed by atoms with van der Waals surface area (Å²) in [6, 6.07) is 0. The van der Waals surface area contributed by atoms with Crippen LogP contribution in [0.3, 0.4) is 0 Å². The Morgan fingerprint density at radius 2 is 2.27 bits per heavy atom. The van der Waals surface area contributed by atoms with Crippen LogP contribution in [0.4, 0.5) is 0 Å². The summed E-state index contributed by atoms with van der Waals surface area (Å²) in [6.45, 7) is 3.57. The number of aliphatic hydroxyl groups is 1. The molecule has 0 saturated carbocycles. The molecule has 0 bridgehead atoms. The Balaban J connectivity index is 3.70. The van der Waals surface area contributed by atoms with Crippen LogP contribution < -0.4 is 0 Å². The zero-order valence-electron chi connectivity index (χ0n) is 6.70. The van der Waals surface area contributed by atoms with Crippen molar-refractivity contribution in [3.05, 3.63) is 24.0 Å². The monoisotopic (exact) mass is 156 g/mol. The fourth-order valence-corrected chi connectivity index (χ4v) is 0.387. The maximum atomic E-state index is 10.8. The smallest absolute Gasteiger partial charge is 0.337 e. The number of hydrogen-bond donors (Lipinski definition) is 1. The Hall–Kier alpha value is -1.25. The highest BCUT2D eigenvalue weighted by molar-refractivity contribution is 5.87. The number of esters is 1. The van der Waals surface area contributed by atoms with E-state index in [2.05, 4.69) is 4.74 Å². The van der Waals surface area contributed by atoms with Crippen LogP contribution in [0.1, 0.15) is 13.8 Å². The highest BCUT2D eigenvalue weighted by Gasteiger charge is 2.02. The maximum absolute atomic E-state index is 10.8. The molecule has 0 radical (unpaired) electrons. The molecule has 0 aliphatic rings. The van der Waals surface area contributed by atoms with E-state index in [0.717, 1.165) is 6.26 Å². The molecule has 11 heavy (non-hydrogen) atoms. The van der Waals surface area contributed by atoms with Crippen LogP contribution in [0.25, 0.3) is 0 Å². The van der Waals surface area contributed by atoms with Gasteiger partial charge in [-0.05, 0) is 13.8 Å². The minimum atomic E-state index is -0.495. The van der Waals surface area contributed by atoms with E-state index in [-0.39, 0.29) is 12.2 Å². The summed E-state index contributed by atoms with van der Waals surface area (Å²) in [5.74, 6) is -0.495. The first kappa shape index (κ1) is 9.75. The molecular formula is C8H12O3. The minimum absolute atomic E-state index is 0.203. The second-order valence-electron chi connectivity index (χ2n) is 1.98. The Morgan fingerprint density at radius 3 is 2.73 bits per heavy atom. The predicted octanol–water partition coefficient (Wildman–Crippen LogP) is 1.57. The van der Waals surface area contributed by atoms with Gasteiger partial charge in [-0.1, -0.05) is 12.2 Å². The number of aliphatic hydroxyl groups excluding tert-OH is 1. The van der Waals surface area contributed by atoms with Gasteiger partial charge in [-0.15, -0.1) is 0 Å². The molecule has 0 fully saturated rings. The lowest BCUT2D eigenvalue weighted by Crippen LogP contribution is -2.05. The van der Waals surface area contributed by atoms with Gasteiger partial charge in [0.15, 0.2) is 0 Å². The zero-order chi connectivity index (χ0) is 8.69. The van der Waals surface area contributed by atoms with E-state index in [4.69, 9.17) is 5.11 Å². The first-order valence-corrected chi connectivity index (χ1v) is 3.31. The van der Waals surface area contributed by atoms with Crippen LogP contribution in [-0.2, 0) is 9.53 Å². The van der Waals surface area contributed by atoms with Crippen LogP contribution in [0.2, 0.25) is 0 Å². The normalized spacial score (nSPS) is 12.0. The van der Waals surface area contributed by atoms with Crippen molar-refractivity contribution in [3.63, 3.8) is 0 Å². The van der Waals surface area contributed by atoms with Crippen molar-refractivity contribution in [3.8, 4) is 0 Å². The van der Waals surface area contributed by atoms with Gasteiger partial charge in [-0.25, -0.2) is 4.79 Å². The molecule has 0 saturated heterocycles. The fraction of sp³-hybridized carbons (Fsp3) is 0.375. The molecule has 62 valence electrons. The third kappa shape index (κ3) is 4.19. The van der Waals surface area contributed by atoms with Crippen molar-refractivity contribution < 1.29 is 14.6 Å². The van der Waals surface area contributed by atoms with Crippen molar-refractivity contribution >= 4 is 5.97 Å². The largest absolute Gasteiger partial charge is 0.515 e. The number of carbonyl (C=O) groups is 1. The molecule has 3 nitrogen and oxygen atoms in total. The number of carbonyl (C=O) groups excluding carboxylic acids is 1. The average molecular weight is 156 g/mol. The van der Waals surface area contributed by atoms with E-state index in [0.29, 0.717) is 0 Å². The zero-order valence-corrected chi connectivity index (χ0v) is 6.70. The molecule has 0 heterocycles. The van der Waals surface area contributed by atoms with Crippen molar-refractivity contribution in [2.75, 3.05) is 6.61 Å². The SMILES string of the molecule is CC=CCOC(=O)C(C)=CO. The lowest BCUT2D eigenvalue weighted by molar-refractivity contribution is -0.137. The summed E-state index contributed by atoms with van der Waals surface area (Å²) in [4.78, 5) is 10.8. The van der Waals surface area contributed by atoms with E-state index < -0.39 is 5.97 Å². The van der Waals surface area contributed by atoms with Gasteiger partial charge in [0.25, 0.3) is 0 Å². The molecule has 0 aromatic rings. The van der Waals surface area contributed by atoms with Crippen molar-refractivity contribution in [2.45, 2.75) is 13.8 Å². The second kappa shape index (κ2) is 5.53. The van der Waals surface area contributed by atoms with E-state index in [1.54, 1.807) is 12.2 Å². The molecule has 0 aliphatic carbocycles. The summed E-state index contributed by atoms with van der Waals surface area (Å²) in [6.07, 6.45) is 4.23. The molecule has 0 unspecified atom stereocenters. The van der Waals surface area contributed by atoms with Crippen LogP contribution in [0.5, 0.6) is 0 Å². The van der Waals surface area contributed by atoms with Crippen LogP contribution in [-0.4, -0.2) is 17.7 Å². The number of hydrogen-bond acceptors (Lipinski definition) is 3. The van der Waals surface area contributed by atoms with Crippen molar-refractivity contribution in [1.82, 2.24) is 0 Å². The van der Waals surface area contributed by atoms with Gasteiger partial charge in [0.05, 0.1) is 11.8 Å². The Bertz CT molecular complexity index is 180. The summed E-state index contributed by atoms with van der Waals surface area (Å²) in [7, 11) is 0. The van der Waals surface area contributed by atoms with Gasteiger partial charge in [0, 0.05) is 0 Å². The lowest BCUT2D eigenvalue weighted by atomic mass is 10.3. The molecule has 3 heteroatoms. The molecule has 0 atom stereocenters. The molecule has 0 spiro atoms. The Morgan fingerprint density at radius 1 is 1.64 bits per heavy atom. The molecule has 0 aliphatic heterocycles. The quantitative estimate of drug-likeness (QED) is 0.292. The van der Waals surface area contributed by atoms with Crippen LogP contribution >= 0.6 is 0 Å². The molecular weight excluding hydrogens is 144 g/mol. The topological polar surface area (TPSA) is 46.5 Å². The first-order chi connectivity index (χ1) is 5.22. The summed E-state index contributed by atoms with van der Waals surface area (Å²) >= 11 is 0. The number of allylic oxidation sites excluding steroid dienone is 1.